The van der Waals surface area contributed by atoms with Crippen molar-refractivity contribution >= 4 is 23.2 Å². The molecule has 0 saturated heterocycles. The normalized spacial score (nSPS) is 10.1. The predicted molar refractivity (Wildman–Crippen MR) is 59.6 cm³/mol. The maximum Gasteiger partial charge on any atom is 0.355 e. The Hall–Kier alpha value is -1.47. The van der Waals surface area contributed by atoms with Gasteiger partial charge in [0, 0.05) is 4.88 Å². The minimum atomic E-state index is -1.04. The Balaban J connectivity index is 2.58. The highest BCUT2D eigenvalue weighted by Crippen LogP contribution is 2.17. The van der Waals surface area contributed by atoms with Crippen LogP contribution < -0.4 is 10.6 Å². The van der Waals surface area contributed by atoms with Crippen molar-refractivity contribution in [1.29, 1.82) is 0 Å². The maximum absolute atomic E-state index is 11.1. The summed E-state index contributed by atoms with van der Waals surface area (Å²) in [5, 5.41) is 14.7. The van der Waals surface area contributed by atoms with E-state index < -0.39 is 5.97 Å². The van der Waals surface area contributed by atoms with Crippen molar-refractivity contribution in [2.24, 2.45) is 0 Å². The van der Waals surface area contributed by atoms with Gasteiger partial charge in [0.15, 0.2) is 5.69 Å². The van der Waals surface area contributed by atoms with E-state index in [4.69, 9.17) is 5.11 Å². The largest absolute Gasteiger partial charge is 0.476 e. The number of aromatic nitrogens is 1. The first-order valence-corrected chi connectivity index (χ1v) is 5.47. The molecule has 1 rings (SSSR count). The number of rotatable bonds is 5. The van der Waals surface area contributed by atoms with Gasteiger partial charge < -0.3 is 15.7 Å². The molecule has 1 aromatic heterocycles. The molecule has 0 bridgehead atoms. The fourth-order valence-electron chi connectivity index (χ4n) is 1.12. The molecule has 0 spiro atoms. The summed E-state index contributed by atoms with van der Waals surface area (Å²) >= 11 is 1.28. The number of nitrogens with one attached hydrogen (secondary N) is 2. The molecule has 0 aliphatic heterocycles. The molecule has 1 aromatic rings. The number of aryl methyl sites for hydroxylation is 1. The number of carboxylic acids is 1. The van der Waals surface area contributed by atoms with Crippen LogP contribution >= 0.6 is 11.3 Å². The molecule has 6 nitrogen and oxygen atoms in total. The van der Waals surface area contributed by atoms with Crippen LogP contribution in [0.1, 0.15) is 20.4 Å². The van der Waals surface area contributed by atoms with Gasteiger partial charge in [-0.3, -0.25) is 4.79 Å². The van der Waals surface area contributed by atoms with Crippen LogP contribution in [0.25, 0.3) is 0 Å². The van der Waals surface area contributed by atoms with Gasteiger partial charge in [-0.15, -0.1) is 11.3 Å². The Morgan fingerprint density at radius 2 is 2.19 bits per heavy atom. The molecule has 0 unspecified atom stereocenters. The van der Waals surface area contributed by atoms with Crippen LogP contribution in [0.2, 0.25) is 0 Å². The predicted octanol–water partition coefficient (Wildman–Crippen LogP) is -0.0147. The lowest BCUT2D eigenvalue weighted by Gasteiger charge is -2.00. The molecule has 0 aliphatic rings. The van der Waals surface area contributed by atoms with Gasteiger partial charge in [-0.05, 0) is 14.0 Å². The number of carbonyl (C=O) groups excluding carboxylic acids is 1. The Bertz CT molecular complexity index is 403. The highest BCUT2D eigenvalue weighted by Gasteiger charge is 2.14. The average Bonchev–Trinajstić information content (AvgIpc) is 2.57. The van der Waals surface area contributed by atoms with Crippen molar-refractivity contribution in [1.82, 2.24) is 15.6 Å². The molecular weight excluding hydrogens is 230 g/mol. The van der Waals surface area contributed by atoms with Crippen molar-refractivity contribution in [3.8, 4) is 0 Å². The third-order valence-electron chi connectivity index (χ3n) is 1.82. The minimum Gasteiger partial charge on any atom is -0.476 e. The molecule has 88 valence electrons. The number of likely N-dealkylation sites (N-methyl/N-ethyl adjacent to an activating group) is 1. The smallest absolute Gasteiger partial charge is 0.355 e. The molecule has 7 heteroatoms. The number of carbonyl (C=O) groups is 2. The van der Waals surface area contributed by atoms with Crippen LogP contribution in [0.15, 0.2) is 0 Å². The summed E-state index contributed by atoms with van der Waals surface area (Å²) in [6, 6.07) is 0. The molecule has 1 amide bonds. The van der Waals surface area contributed by atoms with Gasteiger partial charge in [-0.1, -0.05) is 0 Å². The molecule has 0 aromatic carbocycles. The van der Waals surface area contributed by atoms with Crippen LogP contribution in [0, 0.1) is 6.92 Å². The van der Waals surface area contributed by atoms with Crippen molar-refractivity contribution in [3.63, 3.8) is 0 Å². The van der Waals surface area contributed by atoms with Crippen LogP contribution in [-0.4, -0.2) is 35.6 Å². The maximum atomic E-state index is 11.1. The average molecular weight is 243 g/mol. The summed E-state index contributed by atoms with van der Waals surface area (Å²) in [4.78, 5) is 26.4. The van der Waals surface area contributed by atoms with Crippen molar-refractivity contribution in [2.75, 3.05) is 13.6 Å². The van der Waals surface area contributed by atoms with E-state index in [-0.39, 0.29) is 24.7 Å². The Morgan fingerprint density at radius 1 is 1.50 bits per heavy atom. The van der Waals surface area contributed by atoms with E-state index in [1.54, 1.807) is 14.0 Å². The zero-order chi connectivity index (χ0) is 12.1. The topological polar surface area (TPSA) is 91.3 Å². The summed E-state index contributed by atoms with van der Waals surface area (Å²) < 4.78 is 0. The van der Waals surface area contributed by atoms with Gasteiger partial charge in [-0.25, -0.2) is 9.78 Å². The second-order valence-corrected chi connectivity index (χ2v) is 4.41. The number of nitrogens with zero attached hydrogens (tertiary/aromatic N) is 1. The van der Waals surface area contributed by atoms with E-state index in [0.29, 0.717) is 9.88 Å². The molecule has 0 atom stereocenters. The zero-order valence-corrected chi connectivity index (χ0v) is 9.85. The fraction of sp³-hybridized carbons (Fsp3) is 0.444. The second kappa shape index (κ2) is 5.57. The van der Waals surface area contributed by atoms with E-state index in [1.807, 2.05) is 0 Å². The number of amides is 1. The number of carboxylic acid groups (broad SMARTS) is 1. The number of hydrogen-bond donors (Lipinski definition) is 3. The lowest BCUT2D eigenvalue weighted by Crippen LogP contribution is -2.31. The summed E-state index contributed by atoms with van der Waals surface area (Å²) in [6.45, 7) is 2.19. The third-order valence-corrected chi connectivity index (χ3v) is 2.79. The Labute approximate surface area is 96.7 Å². The van der Waals surface area contributed by atoms with Gasteiger partial charge >= 0.3 is 5.97 Å². The number of hydrogen-bond acceptors (Lipinski definition) is 5. The summed E-state index contributed by atoms with van der Waals surface area (Å²) in [6.07, 6.45) is 0. The Kier molecular flexibility index (Phi) is 4.39. The summed E-state index contributed by atoms with van der Waals surface area (Å²) in [5.74, 6) is -1.19. The van der Waals surface area contributed by atoms with Gasteiger partial charge in [0.1, 0.15) is 5.01 Å². The molecule has 0 fully saturated rings. The molecule has 0 saturated carbocycles. The summed E-state index contributed by atoms with van der Waals surface area (Å²) in [5.41, 5.74) is 0.0582. The molecule has 0 aliphatic carbocycles. The third kappa shape index (κ3) is 3.28. The van der Waals surface area contributed by atoms with Crippen molar-refractivity contribution in [2.45, 2.75) is 13.5 Å². The molecule has 16 heavy (non-hydrogen) atoms. The summed E-state index contributed by atoms with van der Waals surface area (Å²) in [7, 11) is 1.68. The first kappa shape index (κ1) is 12.6. The highest BCUT2D eigenvalue weighted by atomic mass is 32.1. The first-order chi connectivity index (χ1) is 7.54. The van der Waals surface area contributed by atoms with Crippen molar-refractivity contribution < 1.29 is 14.7 Å². The SMILES string of the molecule is CNCC(=O)NCc1nc(C(=O)O)c(C)s1. The standard InChI is InChI=1S/C9H13N3O3S/c1-5-8(9(14)15)12-7(16-5)4-11-6(13)3-10-2/h10H,3-4H2,1-2H3,(H,11,13)(H,14,15). The van der Waals surface area contributed by atoms with E-state index in [1.165, 1.54) is 11.3 Å². The van der Waals surface area contributed by atoms with Gasteiger partial charge in [-0.2, -0.15) is 0 Å². The molecule has 1 heterocycles. The van der Waals surface area contributed by atoms with Crippen LogP contribution in [-0.2, 0) is 11.3 Å². The van der Waals surface area contributed by atoms with E-state index in [2.05, 4.69) is 15.6 Å². The monoisotopic (exact) mass is 243 g/mol. The van der Waals surface area contributed by atoms with Crippen LogP contribution in [0.3, 0.4) is 0 Å². The Morgan fingerprint density at radius 3 is 2.69 bits per heavy atom. The molecular formula is C9H13N3O3S. The first-order valence-electron chi connectivity index (χ1n) is 4.65. The second-order valence-electron chi connectivity index (χ2n) is 3.12. The zero-order valence-electron chi connectivity index (χ0n) is 9.03. The van der Waals surface area contributed by atoms with Gasteiger partial charge in [0.25, 0.3) is 0 Å². The van der Waals surface area contributed by atoms with Gasteiger partial charge in [0.2, 0.25) is 5.91 Å². The lowest BCUT2D eigenvalue weighted by molar-refractivity contribution is -0.120. The minimum absolute atomic E-state index is 0.0582. The van der Waals surface area contributed by atoms with E-state index in [9.17, 15) is 9.59 Å². The molecule has 3 N–H and O–H groups in total. The number of thiazole rings is 1. The van der Waals surface area contributed by atoms with E-state index in [0.717, 1.165) is 0 Å². The van der Waals surface area contributed by atoms with Crippen LogP contribution in [0.5, 0.6) is 0 Å². The number of aromatic carboxylic acids is 1. The van der Waals surface area contributed by atoms with Gasteiger partial charge in [0.05, 0.1) is 13.1 Å². The van der Waals surface area contributed by atoms with Crippen molar-refractivity contribution in [3.05, 3.63) is 15.6 Å². The van der Waals surface area contributed by atoms with E-state index >= 15 is 0 Å². The fourth-order valence-corrected chi connectivity index (χ4v) is 1.99. The lowest BCUT2D eigenvalue weighted by atomic mass is 10.4. The van der Waals surface area contributed by atoms with Crippen LogP contribution in [0.4, 0.5) is 0 Å². The molecule has 0 radical (unpaired) electrons. The quantitative estimate of drug-likeness (QED) is 0.676. The highest BCUT2D eigenvalue weighted by molar-refractivity contribution is 7.11.